The van der Waals surface area contributed by atoms with Gasteiger partial charge >= 0.3 is 0 Å². The van der Waals surface area contributed by atoms with Crippen LogP contribution >= 0.6 is 0 Å². The van der Waals surface area contributed by atoms with Gasteiger partial charge in [0.2, 0.25) is 11.0 Å². The Balaban J connectivity index is 2.32. The van der Waals surface area contributed by atoms with E-state index in [0.29, 0.717) is 11.3 Å². The lowest BCUT2D eigenvalue weighted by Gasteiger charge is -2.02. The fraction of sp³-hybridized carbons (Fsp3) is 0. The summed E-state index contributed by atoms with van der Waals surface area (Å²) in [6.07, 6.45) is 0. The first-order valence-corrected chi connectivity index (χ1v) is 5.47. The second-order valence-electron chi connectivity index (χ2n) is 3.90. The average Bonchev–Trinajstić information content (AvgIpc) is 2.40. The summed E-state index contributed by atoms with van der Waals surface area (Å²) in [7, 11) is 0. The molecule has 0 saturated heterocycles. The van der Waals surface area contributed by atoms with Crippen molar-refractivity contribution in [2.45, 2.75) is 0 Å². The predicted octanol–water partition coefficient (Wildman–Crippen LogP) is 2.15. The van der Waals surface area contributed by atoms with Gasteiger partial charge in [0.1, 0.15) is 11.3 Å². The first kappa shape index (κ1) is 10.5. The normalized spacial score (nSPS) is 10.7. The average molecular weight is 239 g/mol. The van der Waals surface area contributed by atoms with Crippen LogP contribution in [-0.4, -0.2) is 4.98 Å². The van der Waals surface area contributed by atoms with Crippen molar-refractivity contribution in [3.05, 3.63) is 69.1 Å². The Kier molecular flexibility index (Phi) is 2.34. The number of rotatable bonds is 1. The number of aromatic amines is 1. The minimum atomic E-state index is -0.317. The zero-order chi connectivity index (χ0) is 12.5. The first-order valence-electron chi connectivity index (χ1n) is 5.47. The van der Waals surface area contributed by atoms with Crippen molar-refractivity contribution < 1.29 is 4.42 Å². The Bertz CT molecular complexity index is 816. The molecule has 4 heteroatoms. The highest BCUT2D eigenvalue weighted by atomic mass is 16.3. The molecule has 3 aromatic rings. The molecule has 0 saturated carbocycles. The van der Waals surface area contributed by atoms with Crippen LogP contribution in [0, 0.1) is 0 Å². The third-order valence-electron chi connectivity index (χ3n) is 2.67. The Morgan fingerprint density at radius 2 is 1.72 bits per heavy atom. The Morgan fingerprint density at radius 1 is 0.944 bits per heavy atom. The second kappa shape index (κ2) is 4.00. The smallest absolute Gasteiger partial charge is 0.248 e. The molecule has 3 rings (SSSR count). The lowest BCUT2D eigenvalue weighted by Crippen LogP contribution is -2.10. The zero-order valence-electron chi connectivity index (χ0n) is 9.34. The number of fused-ring (bicyclic) bond motifs is 1. The number of H-pyrrole nitrogens is 1. The highest BCUT2D eigenvalue weighted by molar-refractivity contribution is 5.74. The summed E-state index contributed by atoms with van der Waals surface area (Å²) in [4.78, 5) is 25.5. The number of benzene rings is 1. The first-order chi connectivity index (χ1) is 8.74. The van der Waals surface area contributed by atoms with Crippen molar-refractivity contribution in [3.63, 3.8) is 0 Å². The molecule has 0 radical (unpaired) electrons. The third kappa shape index (κ3) is 1.73. The maximum absolute atomic E-state index is 11.9. The summed E-state index contributed by atoms with van der Waals surface area (Å²) < 4.78 is 5.61. The van der Waals surface area contributed by atoms with Crippen LogP contribution in [0.4, 0.5) is 0 Å². The molecule has 0 unspecified atom stereocenters. The Morgan fingerprint density at radius 3 is 2.50 bits per heavy atom. The van der Waals surface area contributed by atoms with E-state index in [1.165, 1.54) is 18.2 Å². The number of hydrogen-bond acceptors (Lipinski definition) is 3. The quantitative estimate of drug-likeness (QED) is 0.707. The van der Waals surface area contributed by atoms with Crippen LogP contribution in [-0.2, 0) is 0 Å². The van der Waals surface area contributed by atoms with Crippen molar-refractivity contribution >= 4 is 11.1 Å². The number of pyridine rings is 1. The van der Waals surface area contributed by atoms with E-state index in [2.05, 4.69) is 4.98 Å². The highest BCUT2D eigenvalue weighted by Crippen LogP contribution is 2.20. The van der Waals surface area contributed by atoms with Gasteiger partial charge in [-0.2, -0.15) is 0 Å². The molecule has 0 spiro atoms. The van der Waals surface area contributed by atoms with Crippen LogP contribution in [0.1, 0.15) is 0 Å². The van der Waals surface area contributed by atoms with Gasteiger partial charge in [0.15, 0.2) is 5.58 Å². The van der Waals surface area contributed by atoms with E-state index in [-0.39, 0.29) is 16.5 Å². The molecule has 88 valence electrons. The van der Waals surface area contributed by atoms with Gasteiger partial charge in [-0.25, -0.2) is 0 Å². The SMILES string of the molecule is O=c1ccc2oc(-c3ccccc3)cc(=O)c2[nH]1. The number of hydrogen-bond donors (Lipinski definition) is 1. The van der Waals surface area contributed by atoms with Crippen molar-refractivity contribution in [2.75, 3.05) is 0 Å². The van der Waals surface area contributed by atoms with Gasteiger partial charge in [0, 0.05) is 17.7 Å². The molecule has 0 aliphatic rings. The monoisotopic (exact) mass is 239 g/mol. The van der Waals surface area contributed by atoms with Gasteiger partial charge < -0.3 is 9.40 Å². The van der Waals surface area contributed by atoms with E-state index in [1.54, 1.807) is 0 Å². The van der Waals surface area contributed by atoms with Crippen LogP contribution in [0.2, 0.25) is 0 Å². The molecule has 1 aromatic carbocycles. The van der Waals surface area contributed by atoms with Gasteiger partial charge in [-0.15, -0.1) is 0 Å². The molecule has 0 aliphatic heterocycles. The van der Waals surface area contributed by atoms with E-state index < -0.39 is 0 Å². The summed E-state index contributed by atoms with van der Waals surface area (Å²) in [6, 6.07) is 13.6. The van der Waals surface area contributed by atoms with Crippen molar-refractivity contribution in [1.29, 1.82) is 0 Å². The molecule has 0 bridgehead atoms. The second-order valence-corrected chi connectivity index (χ2v) is 3.90. The van der Waals surface area contributed by atoms with Crippen molar-refractivity contribution in [2.24, 2.45) is 0 Å². The van der Waals surface area contributed by atoms with E-state index in [0.717, 1.165) is 5.56 Å². The highest BCUT2D eigenvalue weighted by Gasteiger charge is 2.06. The molecule has 2 heterocycles. The summed E-state index contributed by atoms with van der Waals surface area (Å²) in [5, 5.41) is 0. The molecule has 0 amide bonds. The third-order valence-corrected chi connectivity index (χ3v) is 2.67. The summed E-state index contributed by atoms with van der Waals surface area (Å²) in [6.45, 7) is 0. The molecular formula is C14H9NO3. The van der Waals surface area contributed by atoms with Crippen LogP contribution in [0.15, 0.2) is 62.5 Å². The molecule has 0 atom stereocenters. The molecule has 18 heavy (non-hydrogen) atoms. The summed E-state index contributed by atoms with van der Waals surface area (Å²) >= 11 is 0. The number of nitrogens with one attached hydrogen (secondary N) is 1. The molecular weight excluding hydrogens is 230 g/mol. The molecule has 2 aromatic heterocycles. The Hall–Kier alpha value is -2.62. The van der Waals surface area contributed by atoms with Gasteiger partial charge in [-0.1, -0.05) is 30.3 Å². The summed E-state index contributed by atoms with van der Waals surface area (Å²) in [5.74, 6) is 0.486. The minimum absolute atomic E-state index is 0.196. The molecule has 4 nitrogen and oxygen atoms in total. The zero-order valence-corrected chi connectivity index (χ0v) is 9.34. The summed E-state index contributed by atoms with van der Waals surface area (Å²) in [5.41, 5.74) is 0.820. The fourth-order valence-corrected chi connectivity index (χ4v) is 1.81. The van der Waals surface area contributed by atoms with Crippen LogP contribution in [0.5, 0.6) is 0 Å². The molecule has 0 aliphatic carbocycles. The van der Waals surface area contributed by atoms with Crippen molar-refractivity contribution in [1.82, 2.24) is 4.98 Å². The standard InChI is InChI=1S/C14H9NO3/c16-10-8-12(9-4-2-1-3-5-9)18-11-6-7-13(17)15-14(10)11/h1-8H,(H,15,17). The van der Waals surface area contributed by atoms with Crippen molar-refractivity contribution in [3.8, 4) is 11.3 Å². The van der Waals surface area contributed by atoms with Gasteiger partial charge in [-0.3, -0.25) is 9.59 Å². The maximum atomic E-state index is 11.9. The van der Waals surface area contributed by atoms with Gasteiger partial charge in [0.05, 0.1) is 0 Å². The fourth-order valence-electron chi connectivity index (χ4n) is 1.81. The van der Waals surface area contributed by atoms with E-state index in [9.17, 15) is 9.59 Å². The lowest BCUT2D eigenvalue weighted by molar-refractivity contribution is 0.617. The minimum Gasteiger partial charge on any atom is -0.454 e. The molecule has 0 fully saturated rings. The van der Waals surface area contributed by atoms with E-state index in [1.807, 2.05) is 30.3 Å². The predicted molar refractivity (Wildman–Crippen MR) is 68.5 cm³/mol. The van der Waals surface area contributed by atoms with Gasteiger partial charge in [-0.05, 0) is 6.07 Å². The van der Waals surface area contributed by atoms with E-state index in [4.69, 9.17) is 4.42 Å². The van der Waals surface area contributed by atoms with E-state index >= 15 is 0 Å². The largest absolute Gasteiger partial charge is 0.454 e. The number of aromatic nitrogens is 1. The van der Waals surface area contributed by atoms with Gasteiger partial charge in [0.25, 0.3) is 0 Å². The Labute approximate surface area is 102 Å². The van der Waals surface area contributed by atoms with Crippen LogP contribution < -0.4 is 11.0 Å². The van der Waals surface area contributed by atoms with Crippen LogP contribution in [0.3, 0.4) is 0 Å². The lowest BCUT2D eigenvalue weighted by atomic mass is 10.1. The topological polar surface area (TPSA) is 63.1 Å². The molecule has 1 N–H and O–H groups in total. The van der Waals surface area contributed by atoms with Crippen LogP contribution in [0.25, 0.3) is 22.4 Å². The maximum Gasteiger partial charge on any atom is 0.248 e.